The van der Waals surface area contributed by atoms with E-state index in [0.29, 0.717) is 13.1 Å². The van der Waals surface area contributed by atoms with Crippen LogP contribution in [-0.4, -0.2) is 26.9 Å². The first-order valence-corrected chi connectivity index (χ1v) is 5.17. The summed E-state index contributed by atoms with van der Waals surface area (Å²) in [7, 11) is 0. The number of hydrogen-bond acceptors (Lipinski definition) is 4. The standard InChI is InChI=1S/C10H14N4O3/c1-2-3-5-11-10(15)4-6-13-7-9(12-8-13)14(16)17/h2,7-8H,1,3-6H2,(H,11,15). The van der Waals surface area contributed by atoms with Gasteiger partial charge in [-0.3, -0.25) is 4.79 Å². The molecule has 1 heterocycles. The summed E-state index contributed by atoms with van der Waals surface area (Å²) in [6.07, 6.45) is 5.36. The highest BCUT2D eigenvalue weighted by Crippen LogP contribution is 2.05. The second-order valence-corrected chi connectivity index (χ2v) is 3.40. The van der Waals surface area contributed by atoms with Crippen molar-refractivity contribution in [2.75, 3.05) is 6.54 Å². The molecule has 1 aromatic rings. The van der Waals surface area contributed by atoms with E-state index >= 15 is 0 Å². The van der Waals surface area contributed by atoms with Gasteiger partial charge in [-0.15, -0.1) is 6.58 Å². The maximum Gasteiger partial charge on any atom is 0.381 e. The van der Waals surface area contributed by atoms with E-state index in [1.165, 1.54) is 17.1 Å². The molecular weight excluding hydrogens is 224 g/mol. The van der Waals surface area contributed by atoms with Crippen molar-refractivity contribution >= 4 is 11.7 Å². The molecule has 0 saturated carbocycles. The first-order valence-electron chi connectivity index (χ1n) is 5.17. The maximum absolute atomic E-state index is 11.3. The van der Waals surface area contributed by atoms with Crippen LogP contribution in [0.2, 0.25) is 0 Å². The average molecular weight is 238 g/mol. The number of aryl methyl sites for hydroxylation is 1. The SMILES string of the molecule is C=CCCNC(=O)CCn1cnc([N+](=O)[O-])c1. The highest BCUT2D eigenvalue weighted by molar-refractivity contribution is 5.75. The lowest BCUT2D eigenvalue weighted by Crippen LogP contribution is -2.24. The Morgan fingerprint density at radius 2 is 2.47 bits per heavy atom. The topological polar surface area (TPSA) is 90.1 Å². The number of nitro groups is 1. The van der Waals surface area contributed by atoms with Crippen LogP contribution >= 0.6 is 0 Å². The third kappa shape index (κ3) is 4.45. The van der Waals surface area contributed by atoms with Gasteiger partial charge in [-0.05, 0) is 16.3 Å². The van der Waals surface area contributed by atoms with Crippen molar-refractivity contribution in [3.63, 3.8) is 0 Å². The van der Waals surface area contributed by atoms with Gasteiger partial charge in [0.2, 0.25) is 12.2 Å². The van der Waals surface area contributed by atoms with Crippen LogP contribution < -0.4 is 5.32 Å². The fraction of sp³-hybridized carbons (Fsp3) is 0.400. The van der Waals surface area contributed by atoms with Crippen LogP contribution in [-0.2, 0) is 11.3 Å². The number of nitrogens with one attached hydrogen (secondary N) is 1. The van der Waals surface area contributed by atoms with E-state index in [2.05, 4.69) is 16.9 Å². The molecule has 7 heteroatoms. The fourth-order valence-corrected chi connectivity index (χ4v) is 1.20. The number of carbonyl (C=O) groups is 1. The molecule has 0 aromatic carbocycles. The Balaban J connectivity index is 2.31. The summed E-state index contributed by atoms with van der Waals surface area (Å²) in [4.78, 5) is 24.7. The van der Waals surface area contributed by atoms with E-state index in [-0.39, 0.29) is 18.1 Å². The molecule has 0 saturated heterocycles. The third-order valence-electron chi connectivity index (χ3n) is 2.07. The molecule has 1 rings (SSSR count). The van der Waals surface area contributed by atoms with Gasteiger partial charge in [-0.1, -0.05) is 6.08 Å². The van der Waals surface area contributed by atoms with Crippen molar-refractivity contribution in [3.8, 4) is 0 Å². The Morgan fingerprint density at radius 3 is 3.06 bits per heavy atom. The molecule has 92 valence electrons. The van der Waals surface area contributed by atoms with Crippen molar-refractivity contribution in [1.29, 1.82) is 0 Å². The molecule has 0 aliphatic carbocycles. The summed E-state index contributed by atoms with van der Waals surface area (Å²) in [6.45, 7) is 4.48. The zero-order valence-corrected chi connectivity index (χ0v) is 9.33. The predicted octanol–water partition coefficient (Wildman–Crippen LogP) is 0.874. The van der Waals surface area contributed by atoms with Gasteiger partial charge in [-0.25, -0.2) is 0 Å². The molecule has 0 aliphatic rings. The molecule has 0 radical (unpaired) electrons. The lowest BCUT2D eigenvalue weighted by Gasteiger charge is -2.02. The van der Waals surface area contributed by atoms with Crippen LogP contribution in [0.15, 0.2) is 25.2 Å². The lowest BCUT2D eigenvalue weighted by atomic mass is 10.3. The number of imidazole rings is 1. The first-order chi connectivity index (χ1) is 8.13. The number of carbonyl (C=O) groups excluding carboxylic acids is 1. The van der Waals surface area contributed by atoms with E-state index < -0.39 is 4.92 Å². The second-order valence-electron chi connectivity index (χ2n) is 3.40. The van der Waals surface area contributed by atoms with E-state index in [1.54, 1.807) is 6.08 Å². The van der Waals surface area contributed by atoms with Crippen molar-refractivity contribution in [2.24, 2.45) is 0 Å². The van der Waals surface area contributed by atoms with Crippen molar-refractivity contribution in [3.05, 3.63) is 35.3 Å². The van der Waals surface area contributed by atoms with E-state index in [9.17, 15) is 14.9 Å². The zero-order chi connectivity index (χ0) is 12.7. The Kier molecular flexibility index (Phi) is 4.86. The summed E-state index contributed by atoms with van der Waals surface area (Å²) < 4.78 is 1.52. The Hall–Kier alpha value is -2.18. The third-order valence-corrected chi connectivity index (χ3v) is 2.07. The molecule has 0 aliphatic heterocycles. The summed E-state index contributed by atoms with van der Waals surface area (Å²) in [5.74, 6) is -0.305. The van der Waals surface area contributed by atoms with Gasteiger partial charge in [0.1, 0.15) is 6.20 Å². The number of rotatable bonds is 7. The van der Waals surface area contributed by atoms with Crippen LogP contribution in [0.4, 0.5) is 5.82 Å². The van der Waals surface area contributed by atoms with Crippen molar-refractivity contribution in [2.45, 2.75) is 19.4 Å². The maximum atomic E-state index is 11.3. The van der Waals surface area contributed by atoms with Crippen molar-refractivity contribution < 1.29 is 9.72 Å². The molecule has 0 atom stereocenters. The smallest absolute Gasteiger partial charge is 0.358 e. The van der Waals surface area contributed by atoms with Gasteiger partial charge in [-0.2, -0.15) is 0 Å². The van der Waals surface area contributed by atoms with Crippen molar-refractivity contribution in [1.82, 2.24) is 14.9 Å². The summed E-state index contributed by atoms with van der Waals surface area (Å²) >= 11 is 0. The van der Waals surface area contributed by atoms with Crippen LogP contribution in [0.5, 0.6) is 0 Å². The molecule has 17 heavy (non-hydrogen) atoms. The van der Waals surface area contributed by atoms with E-state index in [0.717, 1.165) is 6.42 Å². The van der Waals surface area contributed by atoms with Crippen LogP contribution in [0.3, 0.4) is 0 Å². The van der Waals surface area contributed by atoms with Gasteiger partial charge in [0.05, 0.1) is 0 Å². The summed E-state index contributed by atoms with van der Waals surface area (Å²) in [5, 5.41) is 13.1. The highest BCUT2D eigenvalue weighted by atomic mass is 16.6. The van der Waals surface area contributed by atoms with Gasteiger partial charge in [0.15, 0.2) is 0 Å². The number of aromatic nitrogens is 2. The molecule has 7 nitrogen and oxygen atoms in total. The largest absolute Gasteiger partial charge is 0.381 e. The molecular formula is C10H14N4O3. The van der Waals surface area contributed by atoms with E-state index in [1.807, 2.05) is 0 Å². The number of amides is 1. The van der Waals surface area contributed by atoms with Crippen LogP contribution in [0, 0.1) is 10.1 Å². The minimum absolute atomic E-state index is 0.0943. The normalized spacial score (nSPS) is 9.88. The minimum atomic E-state index is -0.569. The number of hydrogen-bond donors (Lipinski definition) is 1. The predicted molar refractivity (Wildman–Crippen MR) is 61.3 cm³/mol. The Bertz CT molecular complexity index is 413. The van der Waals surface area contributed by atoms with E-state index in [4.69, 9.17) is 0 Å². The summed E-state index contributed by atoms with van der Waals surface area (Å²) in [6, 6.07) is 0. The molecule has 1 N–H and O–H groups in total. The molecule has 0 unspecified atom stereocenters. The second kappa shape index (κ2) is 6.41. The van der Waals surface area contributed by atoms with Gasteiger partial charge in [0, 0.05) is 19.5 Å². The molecule has 0 spiro atoms. The number of nitrogens with zero attached hydrogens (tertiary/aromatic N) is 3. The quantitative estimate of drug-likeness (QED) is 0.330. The fourth-order valence-electron chi connectivity index (χ4n) is 1.20. The van der Waals surface area contributed by atoms with Crippen LogP contribution in [0.1, 0.15) is 12.8 Å². The van der Waals surface area contributed by atoms with Crippen LogP contribution in [0.25, 0.3) is 0 Å². The van der Waals surface area contributed by atoms with Gasteiger partial charge in [0.25, 0.3) is 0 Å². The Labute approximate surface area is 98.3 Å². The minimum Gasteiger partial charge on any atom is -0.358 e. The summed E-state index contributed by atoms with van der Waals surface area (Å²) in [5.41, 5.74) is 0. The zero-order valence-electron chi connectivity index (χ0n) is 9.33. The molecule has 1 aromatic heterocycles. The molecule has 1 amide bonds. The molecule has 0 fully saturated rings. The molecule has 0 bridgehead atoms. The van der Waals surface area contributed by atoms with Gasteiger partial charge < -0.3 is 20.0 Å². The first kappa shape index (κ1) is 12.9. The van der Waals surface area contributed by atoms with Gasteiger partial charge >= 0.3 is 5.82 Å². The highest BCUT2D eigenvalue weighted by Gasteiger charge is 2.10. The average Bonchev–Trinajstić information content (AvgIpc) is 2.75. The Morgan fingerprint density at radius 1 is 1.71 bits per heavy atom. The lowest BCUT2D eigenvalue weighted by molar-refractivity contribution is -0.389. The monoisotopic (exact) mass is 238 g/mol.